The number of carbonyl (C=O) groups excluding carboxylic acids is 1. The number of carbonyl (C=O) groups is 1. The van der Waals surface area contributed by atoms with E-state index in [4.69, 9.17) is 0 Å². The van der Waals surface area contributed by atoms with Gasteiger partial charge in [0.1, 0.15) is 11.6 Å². The van der Waals surface area contributed by atoms with E-state index in [1.54, 1.807) is 0 Å². The monoisotopic (exact) mass is 350 g/mol. The molecular formula is C17H20F2N4O2. The lowest BCUT2D eigenvalue weighted by Crippen LogP contribution is -2.39. The van der Waals surface area contributed by atoms with E-state index >= 15 is 0 Å². The molecule has 0 saturated heterocycles. The summed E-state index contributed by atoms with van der Waals surface area (Å²) in [4.78, 5) is 25.9. The van der Waals surface area contributed by atoms with Gasteiger partial charge in [-0.05, 0) is 42.2 Å². The van der Waals surface area contributed by atoms with Gasteiger partial charge in [0.2, 0.25) is 5.82 Å². The minimum atomic E-state index is -0.609. The van der Waals surface area contributed by atoms with Crippen LogP contribution in [0.5, 0.6) is 0 Å². The molecule has 134 valence electrons. The van der Waals surface area contributed by atoms with Crippen molar-refractivity contribution < 1.29 is 13.6 Å². The van der Waals surface area contributed by atoms with Gasteiger partial charge >= 0.3 is 5.69 Å². The molecule has 8 heteroatoms. The summed E-state index contributed by atoms with van der Waals surface area (Å²) in [6.45, 7) is 2.29. The molecule has 1 heterocycles. The largest absolute Gasteiger partial charge is 0.349 e. The summed E-state index contributed by atoms with van der Waals surface area (Å²) in [7, 11) is 1.45. The van der Waals surface area contributed by atoms with Gasteiger partial charge in [0.05, 0.1) is 0 Å². The number of aromatic amines is 1. The molecule has 1 saturated carbocycles. The van der Waals surface area contributed by atoms with Crippen LogP contribution in [0, 0.1) is 23.0 Å². The molecule has 0 spiro atoms. The highest BCUT2D eigenvalue weighted by atomic mass is 19.1. The normalized spacial score (nSPS) is 16.5. The first-order valence-corrected chi connectivity index (χ1v) is 8.14. The Hall–Kier alpha value is -2.51. The average molecular weight is 350 g/mol. The maximum Gasteiger partial charge on any atom is 0.343 e. The van der Waals surface area contributed by atoms with Crippen molar-refractivity contribution in [1.29, 1.82) is 0 Å². The topological polar surface area (TPSA) is 79.8 Å². The lowest BCUT2D eigenvalue weighted by atomic mass is 9.78. The zero-order valence-corrected chi connectivity index (χ0v) is 14.1. The van der Waals surface area contributed by atoms with Crippen LogP contribution in [0.15, 0.2) is 23.0 Å². The Labute approximate surface area is 143 Å². The van der Waals surface area contributed by atoms with E-state index in [1.807, 2.05) is 6.92 Å². The first-order chi connectivity index (χ1) is 11.8. The number of hydrogen-bond donors (Lipinski definition) is 2. The van der Waals surface area contributed by atoms with Gasteiger partial charge in [0.15, 0.2) is 0 Å². The lowest BCUT2D eigenvalue weighted by molar-refractivity contribution is 0.0915. The molecule has 6 nitrogen and oxygen atoms in total. The van der Waals surface area contributed by atoms with Gasteiger partial charge in [0, 0.05) is 19.7 Å². The summed E-state index contributed by atoms with van der Waals surface area (Å²) in [6, 6.07) is 3.56. The zero-order valence-electron chi connectivity index (χ0n) is 14.1. The van der Waals surface area contributed by atoms with E-state index in [0.717, 1.165) is 23.6 Å². The van der Waals surface area contributed by atoms with Crippen molar-refractivity contribution in [2.24, 2.45) is 18.4 Å². The Balaban J connectivity index is 1.72. The zero-order chi connectivity index (χ0) is 18.2. The second-order valence-corrected chi connectivity index (χ2v) is 6.93. The van der Waals surface area contributed by atoms with Crippen LogP contribution in [0.3, 0.4) is 0 Å². The SMILES string of the molecule is Cn1nc(C(=O)NC[C@@](C)(Cc2ccc(F)cc2F)C2CC2)[nH]c1=O. The Bertz CT molecular complexity index is 857. The molecule has 0 bridgehead atoms. The molecule has 1 aromatic heterocycles. The second-order valence-electron chi connectivity index (χ2n) is 6.93. The van der Waals surface area contributed by atoms with Crippen LogP contribution in [-0.4, -0.2) is 27.2 Å². The minimum absolute atomic E-state index is 0.0568. The Morgan fingerprint density at radius 2 is 2.16 bits per heavy atom. The third-order valence-electron chi connectivity index (χ3n) is 4.81. The van der Waals surface area contributed by atoms with Gasteiger partial charge in [-0.1, -0.05) is 13.0 Å². The van der Waals surface area contributed by atoms with Crippen molar-refractivity contribution >= 4 is 5.91 Å². The van der Waals surface area contributed by atoms with Gasteiger partial charge in [-0.2, -0.15) is 0 Å². The van der Waals surface area contributed by atoms with Crippen LogP contribution in [-0.2, 0) is 13.5 Å². The highest BCUT2D eigenvalue weighted by Crippen LogP contribution is 2.47. The number of nitrogens with one attached hydrogen (secondary N) is 2. The number of benzene rings is 1. The van der Waals surface area contributed by atoms with Gasteiger partial charge < -0.3 is 5.32 Å². The van der Waals surface area contributed by atoms with Crippen molar-refractivity contribution in [2.45, 2.75) is 26.2 Å². The predicted octanol–water partition coefficient (Wildman–Crippen LogP) is 1.78. The van der Waals surface area contributed by atoms with Crippen molar-refractivity contribution in [3.8, 4) is 0 Å². The number of aryl methyl sites for hydroxylation is 1. The predicted molar refractivity (Wildman–Crippen MR) is 87.1 cm³/mol. The number of amides is 1. The van der Waals surface area contributed by atoms with Crippen molar-refractivity contribution in [3.63, 3.8) is 0 Å². The van der Waals surface area contributed by atoms with Crippen LogP contribution in [0.1, 0.15) is 35.9 Å². The van der Waals surface area contributed by atoms with E-state index in [0.29, 0.717) is 24.4 Å². The van der Waals surface area contributed by atoms with Crippen LogP contribution in [0.25, 0.3) is 0 Å². The van der Waals surface area contributed by atoms with Crippen molar-refractivity contribution in [1.82, 2.24) is 20.1 Å². The molecule has 1 atom stereocenters. The Morgan fingerprint density at radius 3 is 2.72 bits per heavy atom. The maximum atomic E-state index is 14.0. The van der Waals surface area contributed by atoms with Gasteiger partial charge in [0.25, 0.3) is 5.91 Å². The smallest absolute Gasteiger partial charge is 0.343 e. The maximum absolute atomic E-state index is 14.0. The summed E-state index contributed by atoms with van der Waals surface area (Å²) in [5.41, 5.74) is -0.400. The molecule has 2 aromatic rings. The summed E-state index contributed by atoms with van der Waals surface area (Å²) in [6.07, 6.45) is 2.41. The number of nitrogens with zero attached hydrogens (tertiary/aromatic N) is 2. The summed E-state index contributed by atoms with van der Waals surface area (Å²) in [5, 5.41) is 6.59. The molecule has 1 amide bonds. The van der Waals surface area contributed by atoms with E-state index in [1.165, 1.54) is 19.2 Å². The van der Waals surface area contributed by atoms with Crippen molar-refractivity contribution in [3.05, 3.63) is 51.7 Å². The van der Waals surface area contributed by atoms with Crippen molar-refractivity contribution in [2.75, 3.05) is 6.54 Å². The molecule has 25 heavy (non-hydrogen) atoms. The van der Waals surface area contributed by atoms with E-state index in [9.17, 15) is 18.4 Å². The third kappa shape index (κ3) is 3.78. The van der Waals surface area contributed by atoms with E-state index in [-0.39, 0.29) is 11.2 Å². The molecule has 1 aromatic carbocycles. The molecule has 1 aliphatic rings. The number of H-pyrrole nitrogens is 1. The fourth-order valence-electron chi connectivity index (χ4n) is 3.10. The molecule has 1 aliphatic carbocycles. The summed E-state index contributed by atoms with van der Waals surface area (Å²) >= 11 is 0. The van der Waals surface area contributed by atoms with Crippen LogP contribution >= 0.6 is 0 Å². The Morgan fingerprint density at radius 1 is 1.44 bits per heavy atom. The highest BCUT2D eigenvalue weighted by Gasteiger charge is 2.42. The third-order valence-corrected chi connectivity index (χ3v) is 4.81. The summed E-state index contributed by atoms with van der Waals surface area (Å²) in [5.74, 6) is -1.36. The molecule has 0 unspecified atom stereocenters. The van der Waals surface area contributed by atoms with Crippen LogP contribution < -0.4 is 11.0 Å². The van der Waals surface area contributed by atoms with E-state index in [2.05, 4.69) is 15.4 Å². The molecule has 3 rings (SSSR count). The fourth-order valence-corrected chi connectivity index (χ4v) is 3.10. The number of aromatic nitrogens is 3. The standard InChI is InChI=1S/C17H20F2N4O2/c1-17(11-4-5-11,8-10-3-6-12(18)7-13(10)19)9-20-15(24)14-21-16(25)23(2)22-14/h3,6-7,11H,4-5,8-9H2,1-2H3,(H,20,24)(H,21,22,25)/t17-/m1/s1. The Kier molecular flexibility index (Phi) is 4.45. The molecule has 1 fully saturated rings. The number of rotatable bonds is 6. The second kappa shape index (κ2) is 6.42. The summed E-state index contributed by atoms with van der Waals surface area (Å²) < 4.78 is 28.1. The molecule has 0 radical (unpaired) electrons. The van der Waals surface area contributed by atoms with Crippen LogP contribution in [0.4, 0.5) is 8.78 Å². The first-order valence-electron chi connectivity index (χ1n) is 8.14. The first kappa shape index (κ1) is 17.3. The molecule has 2 N–H and O–H groups in total. The van der Waals surface area contributed by atoms with Gasteiger partial charge in [-0.25, -0.2) is 18.3 Å². The molecule has 0 aliphatic heterocycles. The lowest BCUT2D eigenvalue weighted by Gasteiger charge is -2.30. The fraction of sp³-hybridized carbons (Fsp3) is 0.471. The number of halogens is 2. The quantitative estimate of drug-likeness (QED) is 0.833. The molecular weight excluding hydrogens is 330 g/mol. The average Bonchev–Trinajstić information content (AvgIpc) is 3.35. The number of hydrogen-bond acceptors (Lipinski definition) is 3. The minimum Gasteiger partial charge on any atom is -0.349 e. The van der Waals surface area contributed by atoms with Gasteiger partial charge in [-0.3, -0.25) is 9.78 Å². The van der Waals surface area contributed by atoms with Gasteiger partial charge in [-0.15, -0.1) is 5.10 Å². The van der Waals surface area contributed by atoms with Crippen LogP contribution in [0.2, 0.25) is 0 Å². The van der Waals surface area contributed by atoms with E-state index < -0.39 is 23.2 Å². The highest BCUT2D eigenvalue weighted by molar-refractivity contribution is 5.90.